The lowest BCUT2D eigenvalue weighted by Crippen LogP contribution is -2.52. The summed E-state index contributed by atoms with van der Waals surface area (Å²) in [4.78, 5) is 13.1. The molecule has 1 aromatic heterocycles. The van der Waals surface area contributed by atoms with E-state index in [1.54, 1.807) is 18.6 Å². The van der Waals surface area contributed by atoms with E-state index in [0.29, 0.717) is 12.2 Å². The van der Waals surface area contributed by atoms with Crippen LogP contribution in [0, 0.1) is 5.82 Å². The molecule has 0 unspecified atom stereocenters. The van der Waals surface area contributed by atoms with Crippen LogP contribution in [0.2, 0.25) is 0 Å². The molecule has 3 rings (SSSR count). The average molecular weight is 344 g/mol. The van der Waals surface area contributed by atoms with Crippen molar-refractivity contribution in [3.05, 3.63) is 48.8 Å². The Labute approximate surface area is 148 Å². The third-order valence-corrected chi connectivity index (χ3v) is 4.29. The highest BCUT2D eigenvalue weighted by Crippen LogP contribution is 2.20. The first-order valence-electron chi connectivity index (χ1n) is 8.76. The minimum Gasteiger partial charge on any atom is -0.366 e. The lowest BCUT2D eigenvalue weighted by Gasteiger charge is -2.37. The lowest BCUT2D eigenvalue weighted by atomic mass is 10.2. The summed E-state index contributed by atoms with van der Waals surface area (Å²) in [5, 5.41) is 3.36. The van der Waals surface area contributed by atoms with Gasteiger partial charge in [-0.3, -0.25) is 4.99 Å². The van der Waals surface area contributed by atoms with Crippen molar-refractivity contribution in [3.63, 3.8) is 0 Å². The van der Waals surface area contributed by atoms with Crippen molar-refractivity contribution in [3.8, 4) is 0 Å². The van der Waals surface area contributed by atoms with Gasteiger partial charge in [0.15, 0.2) is 5.96 Å². The number of aromatic nitrogens is 2. The predicted molar refractivity (Wildman–Crippen MR) is 98.4 cm³/mol. The van der Waals surface area contributed by atoms with Gasteiger partial charge in [0.1, 0.15) is 5.82 Å². The minimum atomic E-state index is -0.156. The third-order valence-electron chi connectivity index (χ3n) is 4.29. The van der Waals surface area contributed by atoms with E-state index < -0.39 is 0 Å². The van der Waals surface area contributed by atoms with E-state index in [4.69, 9.17) is 4.99 Å². The summed E-state index contributed by atoms with van der Waals surface area (Å²) < 4.78 is 16.0. The maximum absolute atomic E-state index is 14.0. The van der Waals surface area contributed by atoms with Crippen molar-refractivity contribution in [2.24, 2.45) is 4.99 Å². The topological polar surface area (TPSA) is 48.7 Å². The van der Waals surface area contributed by atoms with Crippen LogP contribution < -0.4 is 10.2 Å². The number of hydrogen-bond acceptors (Lipinski definition) is 3. The molecule has 1 aliphatic rings. The lowest BCUT2D eigenvalue weighted by molar-refractivity contribution is 0.370. The van der Waals surface area contributed by atoms with Crippen LogP contribution >= 0.6 is 0 Å². The summed E-state index contributed by atoms with van der Waals surface area (Å²) in [7, 11) is 0. The van der Waals surface area contributed by atoms with Crippen LogP contribution in [0.25, 0.3) is 0 Å². The fourth-order valence-corrected chi connectivity index (χ4v) is 2.98. The van der Waals surface area contributed by atoms with Gasteiger partial charge in [-0.2, -0.15) is 0 Å². The van der Waals surface area contributed by atoms with Crippen LogP contribution in [0.15, 0.2) is 48.0 Å². The maximum atomic E-state index is 14.0. The highest BCUT2D eigenvalue weighted by Gasteiger charge is 2.21. The van der Waals surface area contributed by atoms with E-state index in [9.17, 15) is 4.39 Å². The Morgan fingerprint density at radius 2 is 2.04 bits per heavy atom. The largest absolute Gasteiger partial charge is 0.366 e. The minimum absolute atomic E-state index is 0.156. The zero-order chi connectivity index (χ0) is 17.5. The predicted octanol–water partition coefficient (Wildman–Crippen LogP) is 1.81. The first kappa shape index (κ1) is 17.3. The molecule has 0 aliphatic carbocycles. The van der Waals surface area contributed by atoms with Gasteiger partial charge in [0, 0.05) is 51.7 Å². The van der Waals surface area contributed by atoms with Crippen LogP contribution in [0.5, 0.6) is 0 Å². The molecule has 0 bridgehead atoms. The first-order chi connectivity index (χ1) is 12.3. The van der Waals surface area contributed by atoms with Crippen LogP contribution in [-0.2, 0) is 6.54 Å². The zero-order valence-corrected chi connectivity index (χ0v) is 14.6. The zero-order valence-electron chi connectivity index (χ0n) is 14.6. The summed E-state index contributed by atoms with van der Waals surface area (Å²) in [6.07, 6.45) is 5.52. The molecule has 6 nitrogen and oxygen atoms in total. The standard InChI is InChI=1S/C18H25FN6/c1-2-21-18(22-8-10-23-9-7-20-15-23)25-13-11-24(12-14-25)17-6-4-3-5-16(17)19/h3-7,9,15H,2,8,10-14H2,1H3,(H,21,22). The Kier molecular flexibility index (Phi) is 5.87. The molecule has 7 heteroatoms. The van der Waals surface area contributed by atoms with E-state index >= 15 is 0 Å². The van der Waals surface area contributed by atoms with Gasteiger partial charge >= 0.3 is 0 Å². The molecule has 0 amide bonds. The summed E-state index contributed by atoms with van der Waals surface area (Å²) in [5.41, 5.74) is 0.684. The number of halogens is 1. The second-order valence-corrected chi connectivity index (χ2v) is 5.96. The number of imidazole rings is 1. The molecule has 0 atom stereocenters. The molecule has 2 aromatic rings. The van der Waals surface area contributed by atoms with E-state index in [-0.39, 0.29) is 5.82 Å². The normalized spacial score (nSPS) is 15.5. The Morgan fingerprint density at radius 1 is 1.24 bits per heavy atom. The molecule has 0 radical (unpaired) electrons. The number of piperazine rings is 1. The molecule has 134 valence electrons. The SMILES string of the molecule is CCNC(=NCCn1ccnc1)N1CCN(c2ccccc2F)CC1. The number of hydrogen-bond donors (Lipinski definition) is 1. The van der Waals surface area contributed by atoms with Crippen molar-refractivity contribution >= 4 is 11.6 Å². The number of guanidine groups is 1. The van der Waals surface area contributed by atoms with E-state index in [0.717, 1.165) is 45.2 Å². The number of benzene rings is 1. The average Bonchev–Trinajstić information content (AvgIpc) is 3.15. The van der Waals surface area contributed by atoms with E-state index in [1.807, 2.05) is 22.9 Å². The fourth-order valence-electron chi connectivity index (χ4n) is 2.98. The number of nitrogens with one attached hydrogen (secondary N) is 1. The fraction of sp³-hybridized carbons (Fsp3) is 0.444. The second kappa shape index (κ2) is 8.50. The highest BCUT2D eigenvalue weighted by molar-refractivity contribution is 5.80. The Balaban J connectivity index is 1.57. The Bertz CT molecular complexity index is 677. The summed E-state index contributed by atoms with van der Waals surface area (Å²) in [6, 6.07) is 6.97. The molecule has 0 saturated carbocycles. The van der Waals surface area contributed by atoms with Gasteiger partial charge in [-0.25, -0.2) is 9.37 Å². The Hall–Kier alpha value is -2.57. The molecule has 1 aromatic carbocycles. The van der Waals surface area contributed by atoms with E-state index in [2.05, 4.69) is 27.0 Å². The van der Waals surface area contributed by atoms with Crippen molar-refractivity contribution in [1.29, 1.82) is 0 Å². The van der Waals surface area contributed by atoms with Gasteiger partial charge in [0.2, 0.25) is 0 Å². The van der Waals surface area contributed by atoms with Gasteiger partial charge in [0.05, 0.1) is 18.6 Å². The molecular weight excluding hydrogens is 319 g/mol. The number of nitrogens with zero attached hydrogens (tertiary/aromatic N) is 5. The van der Waals surface area contributed by atoms with Gasteiger partial charge in [-0.1, -0.05) is 12.1 Å². The smallest absolute Gasteiger partial charge is 0.194 e. The van der Waals surface area contributed by atoms with Gasteiger partial charge in [-0.15, -0.1) is 0 Å². The maximum Gasteiger partial charge on any atom is 0.194 e. The van der Waals surface area contributed by atoms with Crippen LogP contribution in [0.3, 0.4) is 0 Å². The number of para-hydroxylation sites is 1. The summed E-state index contributed by atoms with van der Waals surface area (Å²) >= 11 is 0. The molecule has 0 spiro atoms. The Morgan fingerprint density at radius 3 is 2.72 bits per heavy atom. The second-order valence-electron chi connectivity index (χ2n) is 5.96. The number of rotatable bonds is 5. The highest BCUT2D eigenvalue weighted by atomic mass is 19.1. The number of anilines is 1. The van der Waals surface area contributed by atoms with Crippen molar-refractivity contribution in [1.82, 2.24) is 19.8 Å². The molecule has 1 saturated heterocycles. The molecular formula is C18H25FN6. The quantitative estimate of drug-likeness (QED) is 0.664. The molecule has 1 fully saturated rings. The summed E-state index contributed by atoms with van der Waals surface area (Å²) in [5.74, 6) is 0.771. The van der Waals surface area contributed by atoms with E-state index in [1.165, 1.54) is 6.07 Å². The van der Waals surface area contributed by atoms with Crippen molar-refractivity contribution in [2.45, 2.75) is 13.5 Å². The van der Waals surface area contributed by atoms with Gasteiger partial charge < -0.3 is 19.7 Å². The molecule has 1 aliphatic heterocycles. The summed E-state index contributed by atoms with van der Waals surface area (Å²) in [6.45, 7) is 7.63. The van der Waals surface area contributed by atoms with Gasteiger partial charge in [-0.05, 0) is 19.1 Å². The van der Waals surface area contributed by atoms with Crippen LogP contribution in [0.4, 0.5) is 10.1 Å². The molecule has 2 heterocycles. The monoisotopic (exact) mass is 344 g/mol. The van der Waals surface area contributed by atoms with Gasteiger partial charge in [0.25, 0.3) is 0 Å². The third kappa shape index (κ3) is 4.49. The molecule has 25 heavy (non-hydrogen) atoms. The number of aliphatic imine (C=N–C) groups is 1. The molecule has 1 N–H and O–H groups in total. The first-order valence-corrected chi connectivity index (χ1v) is 8.76. The van der Waals surface area contributed by atoms with Crippen molar-refractivity contribution < 1.29 is 4.39 Å². The van der Waals surface area contributed by atoms with Crippen LogP contribution in [0.1, 0.15) is 6.92 Å². The van der Waals surface area contributed by atoms with Crippen LogP contribution in [-0.4, -0.2) is 59.7 Å². The van der Waals surface area contributed by atoms with Crippen molar-refractivity contribution in [2.75, 3.05) is 44.2 Å².